The summed E-state index contributed by atoms with van der Waals surface area (Å²) in [7, 11) is 0. The van der Waals surface area contributed by atoms with Gasteiger partial charge in [-0.25, -0.2) is 15.0 Å². The summed E-state index contributed by atoms with van der Waals surface area (Å²) in [5, 5.41) is 0.670. The summed E-state index contributed by atoms with van der Waals surface area (Å²) < 4.78 is 0.954. The fourth-order valence-corrected chi connectivity index (χ4v) is 4.18. The molecule has 5 aromatic rings. The smallest absolute Gasteiger partial charge is 0.164 e. The van der Waals surface area contributed by atoms with Crippen molar-refractivity contribution in [3.05, 3.63) is 113 Å². The van der Waals surface area contributed by atoms with Crippen molar-refractivity contribution in [1.82, 2.24) is 15.0 Å². The lowest BCUT2D eigenvalue weighted by Gasteiger charge is -2.13. The SMILES string of the molecule is Clc1ccc(Br)c(-c2ccccc2-c2nc(-c3ccccc3)nc(-c3ccccc3)n2)c1. The Balaban J connectivity index is 1.75. The van der Waals surface area contributed by atoms with E-state index >= 15 is 0 Å². The molecule has 0 saturated carbocycles. The zero-order valence-corrected chi connectivity index (χ0v) is 19.3. The molecular formula is C27H17BrClN3. The van der Waals surface area contributed by atoms with Crippen molar-refractivity contribution < 1.29 is 0 Å². The lowest BCUT2D eigenvalue weighted by molar-refractivity contribution is 1.07. The molecule has 0 spiro atoms. The van der Waals surface area contributed by atoms with Crippen molar-refractivity contribution in [3.8, 4) is 45.3 Å². The molecule has 5 rings (SSSR count). The third-order valence-electron chi connectivity index (χ3n) is 5.09. The molecule has 0 aliphatic heterocycles. The quantitative estimate of drug-likeness (QED) is 0.252. The standard InChI is InChI=1S/C27H17BrClN3/c28-24-16-15-20(29)17-23(24)21-13-7-8-14-22(21)27-31-25(18-9-3-1-4-10-18)30-26(32-27)19-11-5-2-6-12-19/h1-17H. The number of aromatic nitrogens is 3. The first-order valence-electron chi connectivity index (χ1n) is 10.1. The van der Waals surface area contributed by atoms with Gasteiger partial charge in [0.1, 0.15) is 0 Å². The predicted molar refractivity (Wildman–Crippen MR) is 134 cm³/mol. The third kappa shape index (κ3) is 4.20. The molecule has 0 saturated heterocycles. The first kappa shape index (κ1) is 20.6. The summed E-state index contributed by atoms with van der Waals surface area (Å²) in [6.07, 6.45) is 0. The topological polar surface area (TPSA) is 38.7 Å². The summed E-state index contributed by atoms with van der Waals surface area (Å²) in [5.41, 5.74) is 4.76. The van der Waals surface area contributed by atoms with Crippen LogP contribution in [0.25, 0.3) is 45.3 Å². The number of hydrogen-bond donors (Lipinski definition) is 0. The lowest BCUT2D eigenvalue weighted by atomic mass is 9.99. The van der Waals surface area contributed by atoms with Crippen molar-refractivity contribution >= 4 is 27.5 Å². The second kappa shape index (κ2) is 9.03. The number of benzene rings is 4. The van der Waals surface area contributed by atoms with Crippen LogP contribution in [0.4, 0.5) is 0 Å². The average Bonchev–Trinajstić information content (AvgIpc) is 2.86. The van der Waals surface area contributed by atoms with E-state index in [2.05, 4.69) is 22.0 Å². The van der Waals surface area contributed by atoms with Crippen molar-refractivity contribution in [3.63, 3.8) is 0 Å². The zero-order chi connectivity index (χ0) is 21.9. The van der Waals surface area contributed by atoms with Crippen LogP contribution in [0.2, 0.25) is 5.02 Å². The molecule has 32 heavy (non-hydrogen) atoms. The summed E-state index contributed by atoms with van der Waals surface area (Å²) in [5.74, 6) is 1.88. The van der Waals surface area contributed by atoms with Gasteiger partial charge in [0.2, 0.25) is 0 Å². The van der Waals surface area contributed by atoms with Gasteiger partial charge in [0.15, 0.2) is 17.5 Å². The fraction of sp³-hybridized carbons (Fsp3) is 0. The molecule has 0 atom stereocenters. The molecule has 0 aliphatic carbocycles. The van der Waals surface area contributed by atoms with Gasteiger partial charge in [-0.15, -0.1) is 0 Å². The Morgan fingerprint density at radius 1 is 0.500 bits per heavy atom. The predicted octanol–water partition coefficient (Wildman–Crippen LogP) is 7.96. The summed E-state index contributed by atoms with van der Waals surface area (Å²) in [6.45, 7) is 0. The van der Waals surface area contributed by atoms with E-state index in [1.807, 2.05) is 97.1 Å². The molecule has 0 unspecified atom stereocenters. The molecule has 0 amide bonds. The van der Waals surface area contributed by atoms with Crippen molar-refractivity contribution in [1.29, 1.82) is 0 Å². The van der Waals surface area contributed by atoms with Crippen LogP contribution in [0.15, 0.2) is 108 Å². The highest BCUT2D eigenvalue weighted by Crippen LogP contribution is 2.37. The van der Waals surface area contributed by atoms with Crippen LogP contribution in [-0.4, -0.2) is 15.0 Å². The Morgan fingerprint density at radius 3 is 1.59 bits per heavy atom. The molecule has 3 nitrogen and oxygen atoms in total. The van der Waals surface area contributed by atoms with E-state index in [9.17, 15) is 0 Å². The molecule has 0 fully saturated rings. The summed E-state index contributed by atoms with van der Waals surface area (Å²) in [6, 6.07) is 33.8. The molecule has 1 aromatic heterocycles. The molecule has 5 heteroatoms. The van der Waals surface area contributed by atoms with E-state index in [4.69, 9.17) is 26.6 Å². The van der Waals surface area contributed by atoms with E-state index in [-0.39, 0.29) is 0 Å². The van der Waals surface area contributed by atoms with Crippen LogP contribution < -0.4 is 0 Å². The van der Waals surface area contributed by atoms with Gasteiger partial charge in [-0.3, -0.25) is 0 Å². The monoisotopic (exact) mass is 497 g/mol. The molecule has 0 aliphatic rings. The van der Waals surface area contributed by atoms with Gasteiger partial charge in [-0.2, -0.15) is 0 Å². The molecule has 154 valence electrons. The van der Waals surface area contributed by atoms with Crippen LogP contribution in [0.5, 0.6) is 0 Å². The third-order valence-corrected chi connectivity index (χ3v) is 6.01. The van der Waals surface area contributed by atoms with Gasteiger partial charge in [-0.1, -0.05) is 112 Å². The van der Waals surface area contributed by atoms with E-state index in [0.717, 1.165) is 32.3 Å². The van der Waals surface area contributed by atoms with Gasteiger partial charge < -0.3 is 0 Å². The summed E-state index contributed by atoms with van der Waals surface area (Å²) in [4.78, 5) is 14.5. The fourth-order valence-electron chi connectivity index (χ4n) is 3.55. The number of hydrogen-bond acceptors (Lipinski definition) is 3. The number of rotatable bonds is 4. The minimum Gasteiger partial charge on any atom is -0.208 e. The zero-order valence-electron chi connectivity index (χ0n) is 16.9. The Kier molecular flexibility index (Phi) is 5.80. The minimum atomic E-state index is 0.611. The van der Waals surface area contributed by atoms with E-state index in [1.54, 1.807) is 0 Å². The Bertz CT molecular complexity index is 1330. The normalized spacial score (nSPS) is 10.8. The molecule has 4 aromatic carbocycles. The van der Waals surface area contributed by atoms with Gasteiger partial charge >= 0.3 is 0 Å². The maximum Gasteiger partial charge on any atom is 0.164 e. The molecular weight excluding hydrogens is 482 g/mol. The van der Waals surface area contributed by atoms with E-state index in [0.29, 0.717) is 22.5 Å². The van der Waals surface area contributed by atoms with Gasteiger partial charge in [-0.05, 0) is 29.3 Å². The largest absolute Gasteiger partial charge is 0.208 e. The van der Waals surface area contributed by atoms with Crippen molar-refractivity contribution in [2.24, 2.45) is 0 Å². The number of halogens is 2. The minimum absolute atomic E-state index is 0.611. The van der Waals surface area contributed by atoms with Crippen molar-refractivity contribution in [2.45, 2.75) is 0 Å². The molecule has 0 radical (unpaired) electrons. The van der Waals surface area contributed by atoms with Gasteiger partial charge in [0, 0.05) is 26.2 Å². The van der Waals surface area contributed by atoms with Crippen molar-refractivity contribution in [2.75, 3.05) is 0 Å². The van der Waals surface area contributed by atoms with Crippen LogP contribution in [0.1, 0.15) is 0 Å². The Labute approximate surface area is 199 Å². The number of nitrogens with zero attached hydrogens (tertiary/aromatic N) is 3. The highest BCUT2D eigenvalue weighted by Gasteiger charge is 2.16. The van der Waals surface area contributed by atoms with Crippen LogP contribution in [0.3, 0.4) is 0 Å². The van der Waals surface area contributed by atoms with E-state index < -0.39 is 0 Å². The molecule has 0 bridgehead atoms. The second-order valence-electron chi connectivity index (χ2n) is 7.21. The van der Waals surface area contributed by atoms with Gasteiger partial charge in [0.25, 0.3) is 0 Å². The maximum absolute atomic E-state index is 6.31. The highest BCUT2D eigenvalue weighted by molar-refractivity contribution is 9.10. The summed E-state index contributed by atoms with van der Waals surface area (Å²) >= 11 is 9.98. The molecule has 1 heterocycles. The Morgan fingerprint density at radius 2 is 1.00 bits per heavy atom. The second-order valence-corrected chi connectivity index (χ2v) is 8.50. The maximum atomic E-state index is 6.31. The van der Waals surface area contributed by atoms with Gasteiger partial charge in [0.05, 0.1) is 0 Å². The van der Waals surface area contributed by atoms with Crippen LogP contribution >= 0.6 is 27.5 Å². The highest BCUT2D eigenvalue weighted by atomic mass is 79.9. The lowest BCUT2D eigenvalue weighted by Crippen LogP contribution is -2.01. The van der Waals surface area contributed by atoms with E-state index in [1.165, 1.54) is 0 Å². The first-order valence-corrected chi connectivity index (χ1v) is 11.3. The van der Waals surface area contributed by atoms with Crippen LogP contribution in [-0.2, 0) is 0 Å². The molecule has 0 N–H and O–H groups in total. The van der Waals surface area contributed by atoms with Crippen LogP contribution in [0, 0.1) is 0 Å². The first-order chi connectivity index (χ1) is 15.7. The Hall–Kier alpha value is -3.34. The average molecular weight is 499 g/mol.